The summed E-state index contributed by atoms with van der Waals surface area (Å²) < 4.78 is 11.3. The van der Waals surface area contributed by atoms with Crippen molar-refractivity contribution >= 4 is 167 Å². The van der Waals surface area contributed by atoms with Crippen LogP contribution in [0.25, 0.3) is 21.7 Å². The number of hydrogen-bond acceptors (Lipinski definition) is 18. The lowest BCUT2D eigenvalue weighted by Gasteiger charge is -2.18. The van der Waals surface area contributed by atoms with Crippen molar-refractivity contribution in [2.75, 3.05) is 78.3 Å². The number of carbonyl (C=O) groups is 13. The van der Waals surface area contributed by atoms with Crippen molar-refractivity contribution in [1.29, 1.82) is 0 Å². The Labute approximate surface area is 674 Å². The van der Waals surface area contributed by atoms with E-state index in [4.69, 9.17) is 11.6 Å². The minimum absolute atomic E-state index is 0.00462. The first-order chi connectivity index (χ1) is 56.2. The second-order valence-electron chi connectivity index (χ2n) is 28.0. The zero-order valence-electron chi connectivity index (χ0n) is 65.0. The molecule has 118 heavy (non-hydrogen) atoms. The van der Waals surface area contributed by atoms with E-state index in [0.717, 1.165) is 10.9 Å². The number of rotatable bonds is 27. The molecule has 0 spiro atoms. The van der Waals surface area contributed by atoms with E-state index in [1.807, 2.05) is 24.3 Å². The van der Waals surface area contributed by atoms with Gasteiger partial charge in [0, 0.05) is 186 Å². The van der Waals surface area contributed by atoms with Crippen molar-refractivity contribution in [3.8, 4) is 5.75 Å². The Balaban J connectivity index is 0.635. The smallest absolute Gasteiger partial charge is 0.292 e. The van der Waals surface area contributed by atoms with Gasteiger partial charge < -0.3 is 115 Å². The van der Waals surface area contributed by atoms with Crippen molar-refractivity contribution in [1.82, 2.24) is 77.4 Å². The van der Waals surface area contributed by atoms with Crippen LogP contribution in [-0.2, 0) is 75.6 Å². The van der Waals surface area contributed by atoms with Crippen LogP contribution < -0.4 is 68.7 Å². The van der Waals surface area contributed by atoms with Crippen molar-refractivity contribution < 1.29 is 67.4 Å². The molecule has 0 saturated heterocycles. The molecule has 40 nitrogen and oxygen atoms in total. The molecule has 2 unspecified atom stereocenters. The Morgan fingerprint density at radius 3 is 1.36 bits per heavy atom. The highest BCUT2D eigenvalue weighted by Crippen LogP contribution is 2.46. The van der Waals surface area contributed by atoms with E-state index in [9.17, 15) is 67.4 Å². The normalized spacial score (nSPS) is 12.5. The molecule has 0 saturated carbocycles. The van der Waals surface area contributed by atoms with Crippen molar-refractivity contribution in [3.63, 3.8) is 0 Å². The highest BCUT2D eigenvalue weighted by atomic mass is 35.5. The second kappa shape index (κ2) is 33.4. The zero-order valence-corrected chi connectivity index (χ0v) is 65.7. The van der Waals surface area contributed by atoms with Crippen molar-refractivity contribution in [2.45, 2.75) is 38.6 Å². The first-order valence-electron chi connectivity index (χ1n) is 36.4. The lowest BCUT2D eigenvalue weighted by molar-refractivity contribution is -0.126. The van der Waals surface area contributed by atoms with Crippen LogP contribution in [0.4, 0.5) is 57.4 Å². The largest absolute Gasteiger partial charge is 0.507 e. The summed E-state index contributed by atoms with van der Waals surface area (Å²) in [7, 11) is 12.4. The van der Waals surface area contributed by atoms with Gasteiger partial charge in [-0.15, -0.1) is 11.6 Å². The third-order valence-corrected chi connectivity index (χ3v) is 19.5. The number of halogens is 1. The fourth-order valence-electron chi connectivity index (χ4n) is 13.6. The van der Waals surface area contributed by atoms with E-state index in [2.05, 4.69) is 88.7 Å². The maximum atomic E-state index is 14.4. The predicted molar refractivity (Wildman–Crippen MR) is 434 cm³/mol. The monoisotopic (exact) mass is 1630 g/mol. The molecule has 12 aromatic rings. The molecule has 2 atom stereocenters. The third kappa shape index (κ3) is 17.5. The maximum absolute atomic E-state index is 14.4. The van der Waals surface area contributed by atoms with Gasteiger partial charge in [-0.2, -0.15) is 0 Å². The van der Waals surface area contributed by atoms with Crippen LogP contribution >= 0.6 is 11.6 Å². The quantitative estimate of drug-likeness (QED) is 0.0271. The molecular formula is C77H79ClN26O14. The van der Waals surface area contributed by atoms with Gasteiger partial charge in [0.1, 0.15) is 40.3 Å². The van der Waals surface area contributed by atoms with Crippen LogP contribution in [0.5, 0.6) is 5.75 Å². The molecule has 1 aliphatic rings. The average Bonchev–Trinajstić information content (AvgIpc) is 1.58. The molecule has 14 N–H and O–H groups in total. The number of phenols is 1. The number of carbonyl (C=O) groups excluding carboxylic acids is 13. The number of fused-ring (bicyclic) bond motifs is 4. The number of imidazole rings is 4. The molecule has 0 aliphatic carbocycles. The number of nitrogens with one attached hydrogen (secondary N) is 13. The van der Waals surface area contributed by atoms with Gasteiger partial charge in [0.05, 0.1) is 28.4 Å². The Hall–Kier alpha value is -15.4. The summed E-state index contributed by atoms with van der Waals surface area (Å²) >= 11 is 6.45. The number of amides is 13. The van der Waals surface area contributed by atoms with E-state index in [-0.39, 0.29) is 153 Å². The van der Waals surface area contributed by atoms with Gasteiger partial charge in [-0.05, 0) is 65.9 Å². The summed E-state index contributed by atoms with van der Waals surface area (Å²) in [4.78, 5) is 196. The number of aryl methyl sites for hydroxylation is 8. The van der Waals surface area contributed by atoms with Crippen LogP contribution in [0.3, 0.4) is 0 Å². The van der Waals surface area contributed by atoms with Gasteiger partial charge in [-0.3, -0.25) is 62.3 Å². The Kier molecular flexibility index (Phi) is 22.8. The molecule has 0 bridgehead atoms. The standard InChI is InChI=1S/C77H79ClN26O14/c1-38(105)81-43-23-55(98(5)30-43)72(113)84-44-24-53(96(3)31-44)70(111)80-20-18-62(108)88-50(17-19-79-69(110)54-25-45(32-97(54)4)85-74(115)65-91-60(36-102(65)9)94-76(117)67-92-61(37-103(67)10)95-75(116)66-89-58(34-100(66)7)82-39(2)106)68(109)93-59-35-101(8)64(90-59)73(114)86-46-26-56(99(6)33-46)71(112)83-42-15-16-49-40(21-42)22-51(87-49)77(118)104-29-41(28-78)63-48-14-12-11-13-47(48)57(107)27-52(63)104/h11-16,21-27,30-37,41,50,87,107H,17-20,28-29H2,1-10H3,(H,79,110)(H,80,111)(H,81,105)(H,82,106)(H,83,112)(H,84,113)(H,85,115)(H,86,114)(H,88,108)(H,93,109)(H,94,117)(H,95,116). The molecule has 0 fully saturated rings. The van der Waals surface area contributed by atoms with Crippen LogP contribution in [0.15, 0.2) is 128 Å². The van der Waals surface area contributed by atoms with E-state index in [1.165, 1.54) is 146 Å². The van der Waals surface area contributed by atoms with Crippen LogP contribution in [0, 0.1) is 0 Å². The number of aromatic nitrogens is 13. The maximum Gasteiger partial charge on any atom is 0.292 e. The van der Waals surface area contributed by atoms with Crippen LogP contribution in [0.1, 0.15) is 133 Å². The first-order valence-corrected chi connectivity index (χ1v) is 36.9. The number of nitrogens with zero attached hydrogens (tertiary/aromatic N) is 13. The van der Waals surface area contributed by atoms with Crippen molar-refractivity contribution in [3.05, 3.63) is 186 Å². The topological polar surface area (TPSA) is 497 Å². The molecule has 0 radical (unpaired) electrons. The number of hydrogen-bond donors (Lipinski definition) is 14. The number of benzene rings is 3. The molecule has 13 rings (SSSR count). The summed E-state index contributed by atoms with van der Waals surface area (Å²) in [5.74, 6) is -8.27. The van der Waals surface area contributed by atoms with Gasteiger partial charge in [0.15, 0.2) is 23.3 Å². The molecule has 608 valence electrons. The Morgan fingerprint density at radius 1 is 0.458 bits per heavy atom. The average molecular weight is 1630 g/mol. The number of phenolic OH excluding ortho intramolecular Hbond substituents is 1. The van der Waals surface area contributed by atoms with Gasteiger partial charge in [0.2, 0.25) is 46.9 Å². The highest BCUT2D eigenvalue weighted by molar-refractivity contribution is 6.20. The fraction of sp³-hybridized carbons (Fsp3) is 0.234. The first kappa shape index (κ1) is 80.7. The molecule has 3 aromatic carbocycles. The summed E-state index contributed by atoms with van der Waals surface area (Å²) in [5, 5.41) is 45.0. The number of aromatic amines is 1. The van der Waals surface area contributed by atoms with E-state index in [0.29, 0.717) is 39.9 Å². The molecule has 9 aromatic heterocycles. The summed E-state index contributed by atoms with van der Waals surface area (Å²) in [6.45, 7) is 2.45. The molecule has 1 aliphatic heterocycles. The number of alkyl halides is 1. The minimum Gasteiger partial charge on any atom is -0.507 e. The summed E-state index contributed by atoms with van der Waals surface area (Å²) in [6, 6.07) is 20.1. The Bertz CT molecular complexity index is 6130. The number of H-pyrrole nitrogens is 1. The third-order valence-electron chi connectivity index (χ3n) is 19.1. The lowest BCUT2D eigenvalue weighted by atomic mass is 9.95. The van der Waals surface area contributed by atoms with E-state index < -0.39 is 65.1 Å². The van der Waals surface area contributed by atoms with Gasteiger partial charge in [0.25, 0.3) is 53.2 Å². The highest BCUT2D eigenvalue weighted by Gasteiger charge is 2.36. The van der Waals surface area contributed by atoms with Crippen LogP contribution in [0.2, 0.25) is 0 Å². The minimum atomic E-state index is -1.40. The number of aromatic hydroxyl groups is 1. The SMILES string of the molecule is CC(=O)Nc1cc(C(=O)Nc2cc(C(=O)NCCC(=O)NC(CCNC(=O)c3cc(NC(=O)c4nc(NC(=O)c5nc(NC(=O)c6nc(NC(C)=O)cn6C)cn5C)cn4C)cn3C)C(=O)Nc3cn(C)c(C(=O)Nc4cc(C(=O)Nc5ccc6[nH]c(C(=O)N7CC(CCl)c8c7cc(O)c7ccccc87)cc6c5)n(C)c4)n3)n(C)c2)n(C)c1. The predicted octanol–water partition coefficient (Wildman–Crippen LogP) is 5.79. The van der Waals surface area contributed by atoms with Gasteiger partial charge in [-0.1, -0.05) is 24.3 Å². The van der Waals surface area contributed by atoms with Gasteiger partial charge in [-0.25, -0.2) is 19.9 Å². The second-order valence-corrected chi connectivity index (χ2v) is 28.3. The van der Waals surface area contributed by atoms with E-state index in [1.54, 1.807) is 69.6 Å². The van der Waals surface area contributed by atoms with Gasteiger partial charge >= 0.3 is 0 Å². The lowest BCUT2D eigenvalue weighted by Crippen LogP contribution is -2.46. The van der Waals surface area contributed by atoms with Crippen molar-refractivity contribution in [2.24, 2.45) is 56.4 Å². The van der Waals surface area contributed by atoms with E-state index >= 15 is 0 Å². The Morgan fingerprint density at radius 2 is 0.881 bits per heavy atom. The summed E-state index contributed by atoms with van der Waals surface area (Å²) in [6.07, 6.45) is 11.0. The molecule has 13 amide bonds. The molecule has 41 heteroatoms. The van der Waals surface area contributed by atoms with Crippen LogP contribution in [-0.4, -0.2) is 175 Å². The zero-order chi connectivity index (χ0) is 84.4. The fourth-order valence-corrected chi connectivity index (χ4v) is 13.9. The molecule has 10 heterocycles. The molecular weight excluding hydrogens is 1550 g/mol. The number of anilines is 10. The summed E-state index contributed by atoms with van der Waals surface area (Å²) in [5.41, 5.74) is 4.29.